The van der Waals surface area contributed by atoms with Crippen LogP contribution in [-0.2, 0) is 7.05 Å². The Kier molecular flexibility index (Phi) is 2.90. The molecule has 3 heterocycles. The van der Waals surface area contributed by atoms with Gasteiger partial charge in [-0.15, -0.1) is 0 Å². The first kappa shape index (κ1) is 12.6. The number of aromatic nitrogens is 4. The van der Waals surface area contributed by atoms with Gasteiger partial charge in [-0.25, -0.2) is 4.68 Å². The molecule has 0 saturated heterocycles. The monoisotopic (exact) mass is 287 g/mol. The summed E-state index contributed by atoms with van der Waals surface area (Å²) < 4.78 is 1.24. The zero-order valence-electron chi connectivity index (χ0n) is 11.0. The summed E-state index contributed by atoms with van der Waals surface area (Å²) in [5.41, 5.74) is 9.65. The van der Waals surface area contributed by atoms with Crippen molar-refractivity contribution < 1.29 is 0 Å². The molecule has 0 aliphatic carbocycles. The van der Waals surface area contributed by atoms with Crippen LogP contribution in [0.4, 0.5) is 5.69 Å². The number of hydrogen-bond donors (Lipinski definition) is 2. The second-order valence-corrected chi connectivity index (χ2v) is 5.26. The molecule has 6 nitrogen and oxygen atoms in total. The first-order valence-electron chi connectivity index (χ1n) is 5.99. The summed E-state index contributed by atoms with van der Waals surface area (Å²) in [7, 11) is 1.58. The Balaban J connectivity index is 2.16. The van der Waals surface area contributed by atoms with E-state index in [-0.39, 0.29) is 11.2 Å². The van der Waals surface area contributed by atoms with Gasteiger partial charge in [-0.05, 0) is 24.4 Å². The van der Waals surface area contributed by atoms with E-state index >= 15 is 0 Å². The van der Waals surface area contributed by atoms with Crippen LogP contribution in [0.5, 0.6) is 0 Å². The molecule has 0 saturated carbocycles. The van der Waals surface area contributed by atoms with Crippen LogP contribution in [-0.4, -0.2) is 20.0 Å². The highest BCUT2D eigenvalue weighted by molar-refractivity contribution is 7.08. The van der Waals surface area contributed by atoms with Gasteiger partial charge in [-0.2, -0.15) is 21.5 Å². The van der Waals surface area contributed by atoms with E-state index in [4.69, 9.17) is 5.73 Å². The number of nitrogens with two attached hydrogens (primary N) is 1. The number of rotatable bonds is 2. The van der Waals surface area contributed by atoms with E-state index in [1.807, 2.05) is 29.8 Å². The van der Waals surface area contributed by atoms with E-state index in [2.05, 4.69) is 15.3 Å². The fourth-order valence-corrected chi connectivity index (χ4v) is 2.79. The maximum absolute atomic E-state index is 11.9. The number of hydrogen-bond acceptors (Lipinski definition) is 5. The molecule has 0 atom stereocenters. The molecule has 0 unspecified atom stereocenters. The van der Waals surface area contributed by atoms with Gasteiger partial charge in [0.1, 0.15) is 5.69 Å². The highest BCUT2D eigenvalue weighted by Crippen LogP contribution is 2.28. The molecule has 0 amide bonds. The second kappa shape index (κ2) is 4.61. The van der Waals surface area contributed by atoms with Crippen LogP contribution in [0.2, 0.25) is 0 Å². The van der Waals surface area contributed by atoms with Crippen molar-refractivity contribution in [3.8, 4) is 22.5 Å². The maximum Gasteiger partial charge on any atom is 0.290 e. The number of nitrogen functional groups attached to an aromatic ring is 1. The van der Waals surface area contributed by atoms with E-state index < -0.39 is 0 Å². The van der Waals surface area contributed by atoms with Gasteiger partial charge < -0.3 is 5.73 Å². The minimum absolute atomic E-state index is 0.181. The molecule has 0 spiro atoms. The zero-order chi connectivity index (χ0) is 14.3. The van der Waals surface area contributed by atoms with Crippen LogP contribution in [0.15, 0.2) is 27.7 Å². The van der Waals surface area contributed by atoms with Crippen LogP contribution in [0, 0.1) is 6.92 Å². The lowest BCUT2D eigenvalue weighted by Gasteiger charge is -2.07. The summed E-state index contributed by atoms with van der Waals surface area (Å²) in [4.78, 5) is 11.9. The molecule has 102 valence electrons. The van der Waals surface area contributed by atoms with Crippen LogP contribution in [0.25, 0.3) is 22.5 Å². The summed E-state index contributed by atoms with van der Waals surface area (Å²) in [5.74, 6) is 0. The number of nitrogens with one attached hydrogen (secondary N) is 1. The molecule has 7 heteroatoms. The quantitative estimate of drug-likeness (QED) is 0.752. The molecular weight excluding hydrogens is 274 g/mol. The molecule has 0 aromatic carbocycles. The summed E-state index contributed by atoms with van der Waals surface area (Å²) >= 11 is 1.61. The highest BCUT2D eigenvalue weighted by Gasteiger charge is 2.15. The average molecular weight is 287 g/mol. The maximum atomic E-state index is 11.9. The van der Waals surface area contributed by atoms with Crippen molar-refractivity contribution in [3.63, 3.8) is 0 Å². The number of aromatic amines is 1. The number of aryl methyl sites for hydroxylation is 2. The lowest BCUT2D eigenvalue weighted by atomic mass is 10.1. The van der Waals surface area contributed by atoms with Crippen molar-refractivity contribution in [2.24, 2.45) is 7.05 Å². The van der Waals surface area contributed by atoms with Crippen LogP contribution >= 0.6 is 11.3 Å². The largest absolute Gasteiger partial charge is 0.394 e. The first-order valence-corrected chi connectivity index (χ1v) is 6.94. The standard InChI is InChI=1S/C13H13N5OS/c1-7-11(12(14)13(19)18(2)17-7)10-5-9(15-16-10)8-3-4-20-6-8/h3-6H,14H2,1-2H3,(H,15,16). The first-order chi connectivity index (χ1) is 9.58. The Labute approximate surface area is 118 Å². The van der Waals surface area contributed by atoms with Crippen LogP contribution in [0.3, 0.4) is 0 Å². The zero-order valence-corrected chi connectivity index (χ0v) is 11.9. The molecule has 3 rings (SSSR count). The van der Waals surface area contributed by atoms with Crippen molar-refractivity contribution in [3.05, 3.63) is 38.9 Å². The Morgan fingerprint density at radius 2 is 2.25 bits per heavy atom. The van der Waals surface area contributed by atoms with Gasteiger partial charge >= 0.3 is 0 Å². The van der Waals surface area contributed by atoms with E-state index in [0.29, 0.717) is 17.0 Å². The van der Waals surface area contributed by atoms with Gasteiger partial charge in [0.2, 0.25) is 0 Å². The van der Waals surface area contributed by atoms with E-state index in [9.17, 15) is 4.79 Å². The summed E-state index contributed by atoms with van der Waals surface area (Å²) in [6, 6.07) is 3.87. The van der Waals surface area contributed by atoms with E-state index in [0.717, 1.165) is 11.3 Å². The molecule has 3 N–H and O–H groups in total. The molecule has 3 aromatic heterocycles. The highest BCUT2D eigenvalue weighted by atomic mass is 32.1. The van der Waals surface area contributed by atoms with Gasteiger partial charge in [0.15, 0.2) is 0 Å². The number of thiophene rings is 1. The van der Waals surface area contributed by atoms with E-state index in [1.54, 1.807) is 18.4 Å². The van der Waals surface area contributed by atoms with Gasteiger partial charge in [-0.1, -0.05) is 0 Å². The Morgan fingerprint density at radius 3 is 2.95 bits per heavy atom. The van der Waals surface area contributed by atoms with Crippen LogP contribution < -0.4 is 11.3 Å². The predicted octanol–water partition coefficient (Wildman–Crippen LogP) is 1.79. The second-order valence-electron chi connectivity index (χ2n) is 4.48. The van der Waals surface area contributed by atoms with Crippen LogP contribution in [0.1, 0.15) is 5.69 Å². The molecule has 0 aliphatic rings. The van der Waals surface area contributed by atoms with Crippen molar-refractivity contribution in [2.75, 3.05) is 5.73 Å². The third kappa shape index (κ3) is 1.92. The van der Waals surface area contributed by atoms with E-state index in [1.165, 1.54) is 4.68 Å². The predicted molar refractivity (Wildman–Crippen MR) is 79.5 cm³/mol. The lowest BCUT2D eigenvalue weighted by molar-refractivity contribution is 0.697. The van der Waals surface area contributed by atoms with Gasteiger partial charge in [0.25, 0.3) is 5.56 Å². The minimum atomic E-state index is -0.308. The van der Waals surface area contributed by atoms with Gasteiger partial charge in [0.05, 0.1) is 22.6 Å². The lowest BCUT2D eigenvalue weighted by Crippen LogP contribution is -2.24. The Hall–Kier alpha value is -2.41. The normalized spacial score (nSPS) is 10.9. The Morgan fingerprint density at radius 1 is 1.45 bits per heavy atom. The number of nitrogens with zero attached hydrogens (tertiary/aromatic N) is 3. The average Bonchev–Trinajstić information content (AvgIpc) is 3.06. The molecular formula is C13H13N5OS. The number of anilines is 1. The smallest absolute Gasteiger partial charge is 0.290 e. The molecule has 3 aromatic rings. The SMILES string of the molecule is Cc1nn(C)c(=O)c(N)c1-c1cc(-c2ccsc2)n[nH]1. The molecule has 0 aliphatic heterocycles. The number of H-pyrrole nitrogens is 1. The Bertz CT molecular complexity index is 816. The summed E-state index contributed by atoms with van der Waals surface area (Å²) in [6.07, 6.45) is 0. The summed E-state index contributed by atoms with van der Waals surface area (Å²) in [6.45, 7) is 1.82. The topological polar surface area (TPSA) is 89.6 Å². The third-order valence-electron chi connectivity index (χ3n) is 3.12. The van der Waals surface area contributed by atoms with Crippen molar-refractivity contribution in [1.29, 1.82) is 0 Å². The van der Waals surface area contributed by atoms with Gasteiger partial charge in [-0.3, -0.25) is 9.89 Å². The molecule has 20 heavy (non-hydrogen) atoms. The molecule has 0 bridgehead atoms. The third-order valence-corrected chi connectivity index (χ3v) is 3.80. The van der Waals surface area contributed by atoms with Crippen molar-refractivity contribution in [1.82, 2.24) is 20.0 Å². The fraction of sp³-hybridized carbons (Fsp3) is 0.154. The van der Waals surface area contributed by atoms with Gasteiger partial charge in [0, 0.05) is 18.0 Å². The van der Waals surface area contributed by atoms with Crippen molar-refractivity contribution in [2.45, 2.75) is 6.92 Å². The molecule has 0 radical (unpaired) electrons. The molecule has 0 fully saturated rings. The fourth-order valence-electron chi connectivity index (χ4n) is 2.14. The van der Waals surface area contributed by atoms with Crippen molar-refractivity contribution >= 4 is 17.0 Å². The minimum Gasteiger partial charge on any atom is -0.394 e. The summed E-state index contributed by atoms with van der Waals surface area (Å²) in [5, 5.41) is 15.3.